The average Bonchev–Trinajstić information content (AvgIpc) is 2.90. The van der Waals surface area contributed by atoms with Gasteiger partial charge in [0.15, 0.2) is 0 Å². The van der Waals surface area contributed by atoms with Crippen LogP contribution in [0.15, 0.2) is 0 Å². The predicted molar refractivity (Wildman–Crippen MR) is 43.3 cm³/mol. The van der Waals surface area contributed by atoms with Crippen molar-refractivity contribution in [3.05, 3.63) is 0 Å². The van der Waals surface area contributed by atoms with E-state index in [9.17, 15) is 35.9 Å². The lowest BCUT2D eigenvalue weighted by Gasteiger charge is -2.26. The molecule has 1 aliphatic rings. The van der Waals surface area contributed by atoms with E-state index >= 15 is 0 Å². The third-order valence-corrected chi connectivity index (χ3v) is 2.69. The van der Waals surface area contributed by atoms with Crippen LogP contribution in [-0.4, -0.2) is 35.4 Å². The Kier molecular flexibility index (Phi) is 3.26. The number of rotatable bonds is 3. The highest BCUT2D eigenvalue weighted by atomic mass is 19.4. The SMILES string of the molecule is O=C(O)C(NC(=O)C(F)(F)F)C1(C(F)(F)F)CC1. The van der Waals surface area contributed by atoms with Gasteiger partial charge in [0, 0.05) is 0 Å². The summed E-state index contributed by atoms with van der Waals surface area (Å²) in [5.41, 5.74) is -2.81. The van der Waals surface area contributed by atoms with Crippen molar-refractivity contribution in [2.24, 2.45) is 5.41 Å². The largest absolute Gasteiger partial charge is 0.480 e. The molecule has 0 aromatic heterocycles. The molecule has 2 N–H and O–H groups in total. The predicted octanol–water partition coefficient (Wildman–Crippen LogP) is 1.46. The molecular weight excluding hydrogens is 272 g/mol. The number of carbonyl (C=O) groups excluding carboxylic acids is 1. The minimum Gasteiger partial charge on any atom is -0.480 e. The lowest BCUT2D eigenvalue weighted by Crippen LogP contribution is -2.55. The summed E-state index contributed by atoms with van der Waals surface area (Å²) in [7, 11) is 0. The third-order valence-electron chi connectivity index (χ3n) is 2.69. The van der Waals surface area contributed by atoms with Gasteiger partial charge in [-0.05, 0) is 12.8 Å². The number of hydrogen-bond acceptors (Lipinski definition) is 2. The van der Waals surface area contributed by atoms with Gasteiger partial charge in [-0.15, -0.1) is 0 Å². The molecule has 104 valence electrons. The highest BCUT2D eigenvalue weighted by Gasteiger charge is 2.70. The molecule has 0 aromatic rings. The normalized spacial score (nSPS) is 20.1. The summed E-state index contributed by atoms with van der Waals surface area (Å²) in [5.74, 6) is -4.85. The van der Waals surface area contributed by atoms with E-state index in [-0.39, 0.29) is 0 Å². The first-order valence-corrected chi connectivity index (χ1v) is 4.59. The van der Waals surface area contributed by atoms with E-state index in [1.807, 2.05) is 0 Å². The number of carboxylic acids is 1. The molecule has 0 aromatic carbocycles. The number of carbonyl (C=O) groups is 2. The quantitative estimate of drug-likeness (QED) is 0.769. The zero-order valence-corrected chi connectivity index (χ0v) is 8.52. The molecule has 18 heavy (non-hydrogen) atoms. The molecule has 1 aliphatic carbocycles. The zero-order valence-electron chi connectivity index (χ0n) is 8.52. The smallest absolute Gasteiger partial charge is 0.471 e. The highest BCUT2D eigenvalue weighted by Crippen LogP contribution is 2.60. The van der Waals surface area contributed by atoms with Crippen LogP contribution in [0.25, 0.3) is 0 Å². The van der Waals surface area contributed by atoms with Crippen LogP contribution in [0.1, 0.15) is 12.8 Å². The summed E-state index contributed by atoms with van der Waals surface area (Å²) in [5, 5.41) is 9.43. The molecule has 4 nitrogen and oxygen atoms in total. The van der Waals surface area contributed by atoms with Gasteiger partial charge >= 0.3 is 24.2 Å². The van der Waals surface area contributed by atoms with Gasteiger partial charge in [-0.2, -0.15) is 26.3 Å². The summed E-state index contributed by atoms with van der Waals surface area (Å²) in [6.07, 6.45) is -11.7. The van der Waals surface area contributed by atoms with Crippen LogP contribution in [0.5, 0.6) is 0 Å². The Morgan fingerprint density at radius 2 is 1.56 bits per heavy atom. The molecule has 0 radical (unpaired) electrons. The van der Waals surface area contributed by atoms with Crippen molar-refractivity contribution in [3.8, 4) is 0 Å². The van der Waals surface area contributed by atoms with Crippen LogP contribution in [0, 0.1) is 5.41 Å². The van der Waals surface area contributed by atoms with Crippen LogP contribution in [0.2, 0.25) is 0 Å². The van der Waals surface area contributed by atoms with E-state index in [1.165, 1.54) is 0 Å². The maximum Gasteiger partial charge on any atom is 0.471 e. The third kappa shape index (κ3) is 2.51. The standard InChI is InChI=1S/C8H7F6NO3/c9-7(10,11)5(18)15-3(4(16)17)6(1-2-6)8(12,13)14/h3H,1-2H2,(H,15,18)(H,16,17). The highest BCUT2D eigenvalue weighted by molar-refractivity contribution is 5.87. The van der Waals surface area contributed by atoms with Gasteiger partial charge < -0.3 is 10.4 Å². The fourth-order valence-electron chi connectivity index (χ4n) is 1.52. The van der Waals surface area contributed by atoms with Crippen molar-refractivity contribution in [1.82, 2.24) is 5.32 Å². The summed E-state index contributed by atoms with van der Waals surface area (Å²) < 4.78 is 73.3. The first-order chi connectivity index (χ1) is 7.92. The van der Waals surface area contributed by atoms with E-state index in [0.29, 0.717) is 0 Å². The Balaban J connectivity index is 2.94. The second kappa shape index (κ2) is 4.02. The van der Waals surface area contributed by atoms with E-state index in [2.05, 4.69) is 0 Å². The molecule has 1 amide bonds. The minimum atomic E-state index is -5.44. The number of nitrogens with one attached hydrogen (secondary N) is 1. The van der Waals surface area contributed by atoms with Gasteiger partial charge in [-0.3, -0.25) is 4.79 Å². The fraction of sp³-hybridized carbons (Fsp3) is 0.750. The Labute approximate surface area is 95.9 Å². The minimum absolute atomic E-state index is 0.633. The molecule has 0 aliphatic heterocycles. The summed E-state index contributed by atoms with van der Waals surface area (Å²) >= 11 is 0. The molecule has 1 unspecified atom stereocenters. The maximum absolute atomic E-state index is 12.6. The van der Waals surface area contributed by atoms with Gasteiger partial charge in [-0.25, -0.2) is 4.79 Å². The van der Waals surface area contributed by atoms with E-state index in [4.69, 9.17) is 5.11 Å². The van der Waals surface area contributed by atoms with Crippen LogP contribution in [0.3, 0.4) is 0 Å². The van der Waals surface area contributed by atoms with Crippen molar-refractivity contribution in [1.29, 1.82) is 0 Å². The number of aliphatic carboxylic acids is 1. The van der Waals surface area contributed by atoms with Crippen molar-refractivity contribution in [3.63, 3.8) is 0 Å². The summed E-state index contributed by atoms with van der Waals surface area (Å²) in [6, 6.07) is -2.63. The van der Waals surface area contributed by atoms with Crippen LogP contribution in [-0.2, 0) is 9.59 Å². The van der Waals surface area contributed by atoms with Gasteiger partial charge in [0.25, 0.3) is 0 Å². The van der Waals surface area contributed by atoms with Crippen molar-refractivity contribution in [2.75, 3.05) is 0 Å². The maximum atomic E-state index is 12.6. The Hall–Kier alpha value is -1.48. The van der Waals surface area contributed by atoms with E-state index < -0.39 is 48.5 Å². The number of alkyl halides is 6. The van der Waals surface area contributed by atoms with Gasteiger partial charge in [-0.1, -0.05) is 0 Å². The van der Waals surface area contributed by atoms with Crippen molar-refractivity contribution < 1.29 is 41.0 Å². The monoisotopic (exact) mass is 279 g/mol. The number of carboxylic acid groups (broad SMARTS) is 1. The Morgan fingerprint density at radius 3 is 1.78 bits per heavy atom. The van der Waals surface area contributed by atoms with E-state index in [0.717, 1.165) is 5.32 Å². The number of amides is 1. The van der Waals surface area contributed by atoms with E-state index in [1.54, 1.807) is 0 Å². The number of halogens is 6. The lowest BCUT2D eigenvalue weighted by molar-refractivity contribution is -0.205. The molecule has 1 rings (SSSR count). The molecule has 0 saturated heterocycles. The molecule has 1 saturated carbocycles. The Bertz CT molecular complexity index is 370. The van der Waals surface area contributed by atoms with Gasteiger partial charge in [0.05, 0.1) is 5.41 Å². The topological polar surface area (TPSA) is 66.4 Å². The molecular formula is C8H7F6NO3. The van der Waals surface area contributed by atoms with Crippen molar-refractivity contribution >= 4 is 11.9 Å². The molecule has 1 fully saturated rings. The first-order valence-electron chi connectivity index (χ1n) is 4.59. The summed E-state index contributed by atoms with van der Waals surface area (Å²) in [4.78, 5) is 21.1. The molecule has 1 atom stereocenters. The second-order valence-electron chi connectivity index (χ2n) is 3.90. The first kappa shape index (κ1) is 14.6. The average molecular weight is 279 g/mol. The molecule has 0 spiro atoms. The van der Waals surface area contributed by atoms with Gasteiger partial charge in [0.1, 0.15) is 6.04 Å². The van der Waals surface area contributed by atoms with Crippen LogP contribution in [0.4, 0.5) is 26.3 Å². The lowest BCUT2D eigenvalue weighted by atomic mass is 9.95. The second-order valence-corrected chi connectivity index (χ2v) is 3.90. The zero-order chi connectivity index (χ0) is 14.4. The van der Waals surface area contributed by atoms with Gasteiger partial charge in [0.2, 0.25) is 0 Å². The van der Waals surface area contributed by atoms with Crippen molar-refractivity contribution in [2.45, 2.75) is 31.2 Å². The number of hydrogen-bond donors (Lipinski definition) is 2. The Morgan fingerprint density at radius 1 is 1.11 bits per heavy atom. The van der Waals surface area contributed by atoms with Crippen LogP contribution >= 0.6 is 0 Å². The summed E-state index contributed by atoms with van der Waals surface area (Å²) in [6.45, 7) is 0. The molecule has 0 bridgehead atoms. The van der Waals surface area contributed by atoms with Crippen LogP contribution < -0.4 is 5.32 Å². The molecule has 10 heteroatoms. The molecule has 0 heterocycles. The fourth-order valence-corrected chi connectivity index (χ4v) is 1.52.